The molecule has 6 nitrogen and oxygen atoms in total. The number of carbonyl (C=O) groups is 2. The second-order valence-corrected chi connectivity index (χ2v) is 8.03. The fourth-order valence-corrected chi connectivity index (χ4v) is 3.72. The summed E-state index contributed by atoms with van der Waals surface area (Å²) in [6.45, 7) is 1.88. The van der Waals surface area contributed by atoms with Crippen molar-refractivity contribution in [2.75, 3.05) is 11.1 Å². The maximum absolute atomic E-state index is 13.0. The molecule has 0 fully saturated rings. The minimum absolute atomic E-state index is 0.140. The lowest BCUT2D eigenvalue weighted by Crippen LogP contribution is -2.28. The van der Waals surface area contributed by atoms with Crippen LogP contribution in [0.3, 0.4) is 0 Å². The number of amides is 2. The van der Waals surface area contributed by atoms with Crippen molar-refractivity contribution < 1.29 is 18.4 Å². The first-order valence-electron chi connectivity index (χ1n) is 9.92. The molecule has 1 unspecified atom stereocenters. The first-order chi connectivity index (χ1) is 15.5. The molecule has 1 aromatic heterocycles. The van der Waals surface area contributed by atoms with Gasteiger partial charge in [0.05, 0.1) is 11.8 Å². The summed E-state index contributed by atoms with van der Waals surface area (Å²) in [6, 6.07) is 19.7. The Morgan fingerprint density at radius 3 is 2.47 bits per heavy atom. The van der Waals surface area contributed by atoms with Crippen molar-refractivity contribution in [3.63, 3.8) is 0 Å². The highest BCUT2D eigenvalue weighted by Gasteiger charge is 2.13. The van der Waals surface area contributed by atoms with Crippen molar-refractivity contribution in [1.29, 1.82) is 0 Å². The molecule has 2 amide bonds. The highest BCUT2D eigenvalue weighted by Crippen LogP contribution is 2.23. The van der Waals surface area contributed by atoms with Gasteiger partial charge >= 0.3 is 0 Å². The number of anilines is 1. The van der Waals surface area contributed by atoms with Crippen LogP contribution in [0.4, 0.5) is 10.1 Å². The molecule has 0 spiro atoms. The van der Waals surface area contributed by atoms with E-state index in [0.717, 1.165) is 11.1 Å². The predicted molar refractivity (Wildman–Crippen MR) is 122 cm³/mol. The van der Waals surface area contributed by atoms with Crippen LogP contribution in [0.5, 0.6) is 0 Å². The number of benzene rings is 3. The predicted octanol–water partition coefficient (Wildman–Crippen LogP) is 5.19. The zero-order valence-corrected chi connectivity index (χ0v) is 18.0. The van der Waals surface area contributed by atoms with E-state index in [0.29, 0.717) is 22.1 Å². The quantitative estimate of drug-likeness (QED) is 0.380. The number of nitrogens with zero attached hydrogens (tertiary/aromatic N) is 1. The lowest BCUT2D eigenvalue weighted by molar-refractivity contribution is -0.119. The third kappa shape index (κ3) is 5.33. The molecule has 0 radical (unpaired) electrons. The zero-order valence-electron chi connectivity index (χ0n) is 17.2. The van der Waals surface area contributed by atoms with Gasteiger partial charge < -0.3 is 15.1 Å². The number of fused-ring (bicyclic) bond motifs is 1. The third-order valence-corrected chi connectivity index (χ3v) is 5.58. The van der Waals surface area contributed by atoms with E-state index in [1.54, 1.807) is 12.1 Å². The molecule has 162 valence electrons. The number of nitrogens with one attached hydrogen (secondary N) is 2. The number of hydrogen-bond donors (Lipinski definition) is 2. The van der Waals surface area contributed by atoms with Gasteiger partial charge in [-0.3, -0.25) is 9.59 Å². The largest absolute Gasteiger partial charge is 0.431 e. The van der Waals surface area contributed by atoms with E-state index in [1.807, 2.05) is 43.3 Å². The fraction of sp³-hybridized carbons (Fsp3) is 0.125. The van der Waals surface area contributed by atoms with Gasteiger partial charge in [0.15, 0.2) is 5.58 Å². The Kier molecular flexibility index (Phi) is 6.51. The summed E-state index contributed by atoms with van der Waals surface area (Å²) in [5.41, 5.74) is 3.32. The summed E-state index contributed by atoms with van der Waals surface area (Å²) in [5, 5.41) is 6.16. The average Bonchev–Trinajstić information content (AvgIpc) is 3.22. The Morgan fingerprint density at radius 1 is 1.03 bits per heavy atom. The highest BCUT2D eigenvalue weighted by atomic mass is 32.2. The number of aromatic nitrogens is 1. The summed E-state index contributed by atoms with van der Waals surface area (Å²) in [5.74, 6) is -0.675. The summed E-state index contributed by atoms with van der Waals surface area (Å²) in [6.07, 6.45) is 0. The van der Waals surface area contributed by atoms with Crippen molar-refractivity contribution in [1.82, 2.24) is 10.3 Å². The Labute approximate surface area is 188 Å². The molecule has 8 heteroatoms. The third-order valence-electron chi connectivity index (χ3n) is 4.75. The van der Waals surface area contributed by atoms with Crippen molar-refractivity contribution in [3.8, 4) is 0 Å². The SMILES string of the molecule is CC(NC(=O)CSc1nc2ccccc2o1)c1ccc(NC(=O)c2ccc(F)cc2)cc1. The summed E-state index contributed by atoms with van der Waals surface area (Å²) in [4.78, 5) is 28.9. The average molecular weight is 450 g/mol. The fourth-order valence-electron chi connectivity index (χ4n) is 3.07. The zero-order chi connectivity index (χ0) is 22.5. The van der Waals surface area contributed by atoms with E-state index in [2.05, 4.69) is 15.6 Å². The molecule has 4 rings (SSSR count). The lowest BCUT2D eigenvalue weighted by Gasteiger charge is -2.15. The Hall–Kier alpha value is -3.65. The van der Waals surface area contributed by atoms with Gasteiger partial charge in [-0.15, -0.1) is 0 Å². The van der Waals surface area contributed by atoms with E-state index < -0.39 is 5.82 Å². The van der Waals surface area contributed by atoms with E-state index >= 15 is 0 Å². The second-order valence-electron chi connectivity index (χ2n) is 7.11. The summed E-state index contributed by atoms with van der Waals surface area (Å²) in [7, 11) is 0. The number of oxazole rings is 1. The first kappa shape index (κ1) is 21.6. The lowest BCUT2D eigenvalue weighted by atomic mass is 10.1. The van der Waals surface area contributed by atoms with Gasteiger partial charge in [-0.2, -0.15) is 0 Å². The van der Waals surface area contributed by atoms with E-state index in [1.165, 1.54) is 36.0 Å². The number of halogens is 1. The molecular weight excluding hydrogens is 429 g/mol. The van der Waals surface area contributed by atoms with E-state index in [-0.39, 0.29) is 23.6 Å². The van der Waals surface area contributed by atoms with Gasteiger partial charge in [0.25, 0.3) is 11.1 Å². The van der Waals surface area contributed by atoms with E-state index in [9.17, 15) is 14.0 Å². The Bertz CT molecular complexity index is 1210. The van der Waals surface area contributed by atoms with Gasteiger partial charge in [0.2, 0.25) is 5.91 Å². The van der Waals surface area contributed by atoms with Crippen LogP contribution in [0.25, 0.3) is 11.1 Å². The number of carbonyl (C=O) groups excluding carboxylic acids is 2. The molecule has 4 aromatic rings. The molecule has 0 bridgehead atoms. The standard InChI is InChI=1S/C24H20FN3O3S/c1-15(26-22(29)14-32-24-28-20-4-2-3-5-21(20)31-24)16-8-12-19(13-9-16)27-23(30)17-6-10-18(25)11-7-17/h2-13,15H,14H2,1H3,(H,26,29)(H,27,30). The van der Waals surface area contributed by atoms with Crippen LogP contribution in [-0.4, -0.2) is 22.6 Å². The van der Waals surface area contributed by atoms with Crippen molar-refractivity contribution in [3.05, 3.63) is 89.7 Å². The second kappa shape index (κ2) is 9.65. The van der Waals surface area contributed by atoms with Gasteiger partial charge in [-0.05, 0) is 61.0 Å². The molecule has 0 aliphatic carbocycles. The Morgan fingerprint density at radius 2 is 1.75 bits per heavy atom. The molecule has 1 atom stereocenters. The van der Waals surface area contributed by atoms with Crippen LogP contribution < -0.4 is 10.6 Å². The number of para-hydroxylation sites is 2. The molecule has 3 aromatic carbocycles. The van der Waals surface area contributed by atoms with Crippen molar-refractivity contribution in [2.45, 2.75) is 18.2 Å². The minimum Gasteiger partial charge on any atom is -0.431 e. The van der Waals surface area contributed by atoms with Gasteiger partial charge in [0, 0.05) is 11.3 Å². The maximum atomic E-state index is 13.0. The summed E-state index contributed by atoms with van der Waals surface area (Å²) >= 11 is 1.24. The van der Waals surface area contributed by atoms with Crippen LogP contribution >= 0.6 is 11.8 Å². The number of thioether (sulfide) groups is 1. The van der Waals surface area contributed by atoms with E-state index in [4.69, 9.17) is 4.42 Å². The normalized spacial score (nSPS) is 11.8. The molecular formula is C24H20FN3O3S. The van der Waals surface area contributed by atoms with Crippen LogP contribution in [-0.2, 0) is 4.79 Å². The van der Waals surface area contributed by atoms with Crippen LogP contribution in [0.1, 0.15) is 28.9 Å². The highest BCUT2D eigenvalue weighted by molar-refractivity contribution is 7.99. The van der Waals surface area contributed by atoms with Gasteiger partial charge in [-0.1, -0.05) is 36.0 Å². The molecule has 0 saturated carbocycles. The van der Waals surface area contributed by atoms with Crippen LogP contribution in [0.2, 0.25) is 0 Å². The van der Waals surface area contributed by atoms with Crippen LogP contribution in [0.15, 0.2) is 82.4 Å². The smallest absolute Gasteiger partial charge is 0.257 e. The van der Waals surface area contributed by atoms with Gasteiger partial charge in [-0.25, -0.2) is 9.37 Å². The Balaban J connectivity index is 1.29. The number of hydrogen-bond acceptors (Lipinski definition) is 5. The topological polar surface area (TPSA) is 84.2 Å². The molecule has 2 N–H and O–H groups in total. The minimum atomic E-state index is -0.394. The first-order valence-corrected chi connectivity index (χ1v) is 10.9. The summed E-state index contributed by atoms with van der Waals surface area (Å²) < 4.78 is 18.6. The molecule has 0 aliphatic rings. The van der Waals surface area contributed by atoms with Crippen molar-refractivity contribution in [2.24, 2.45) is 0 Å². The maximum Gasteiger partial charge on any atom is 0.257 e. The van der Waals surface area contributed by atoms with Crippen molar-refractivity contribution >= 4 is 40.4 Å². The molecule has 0 aliphatic heterocycles. The molecule has 1 heterocycles. The molecule has 32 heavy (non-hydrogen) atoms. The van der Waals surface area contributed by atoms with Gasteiger partial charge in [0.1, 0.15) is 11.3 Å². The van der Waals surface area contributed by atoms with Crippen LogP contribution in [0, 0.1) is 5.82 Å². The molecule has 0 saturated heterocycles. The monoisotopic (exact) mass is 449 g/mol. The number of rotatable bonds is 7.